The molecule has 4 heteroatoms. The van der Waals surface area contributed by atoms with Gasteiger partial charge in [-0.05, 0) is 0 Å². The van der Waals surface area contributed by atoms with Crippen molar-refractivity contribution in [3.63, 3.8) is 0 Å². The monoisotopic (exact) mass is 172 g/mol. The van der Waals surface area contributed by atoms with Gasteiger partial charge in [0.05, 0.1) is 19.8 Å². The smallest absolute Gasteiger partial charge is 0.212 e. The van der Waals surface area contributed by atoms with Crippen LogP contribution in [0.2, 0.25) is 0 Å². The van der Waals surface area contributed by atoms with E-state index in [0.29, 0.717) is 19.8 Å². The van der Waals surface area contributed by atoms with Gasteiger partial charge < -0.3 is 18.9 Å². The highest BCUT2D eigenvalue weighted by atomic mass is 16.9. The molecule has 3 unspecified atom stereocenters. The van der Waals surface area contributed by atoms with Crippen LogP contribution in [0.1, 0.15) is 0 Å². The summed E-state index contributed by atoms with van der Waals surface area (Å²) < 4.78 is 20.8. The summed E-state index contributed by atoms with van der Waals surface area (Å²) in [6.07, 6.45) is 1.46. The van der Waals surface area contributed by atoms with Crippen molar-refractivity contribution in [1.29, 1.82) is 0 Å². The van der Waals surface area contributed by atoms with Crippen LogP contribution >= 0.6 is 0 Å². The summed E-state index contributed by atoms with van der Waals surface area (Å²) in [7, 11) is 0. The van der Waals surface area contributed by atoms with Crippen LogP contribution in [0.15, 0.2) is 12.7 Å². The molecule has 0 N–H and O–H groups in total. The molecule has 0 amide bonds. The molecule has 2 heterocycles. The number of epoxide rings is 1. The molecule has 0 aliphatic carbocycles. The topological polar surface area (TPSA) is 40.2 Å². The van der Waals surface area contributed by atoms with E-state index in [1.54, 1.807) is 6.08 Å². The van der Waals surface area contributed by atoms with E-state index in [-0.39, 0.29) is 18.7 Å². The van der Waals surface area contributed by atoms with Gasteiger partial charge >= 0.3 is 0 Å². The third kappa shape index (κ3) is 1.84. The first-order valence-electron chi connectivity index (χ1n) is 4.01. The highest BCUT2D eigenvalue weighted by molar-refractivity contribution is 4.75. The molecule has 0 aromatic carbocycles. The molecule has 3 atom stereocenters. The Bertz CT molecular complexity index is 170. The maximum atomic E-state index is 5.40. The lowest BCUT2D eigenvalue weighted by atomic mass is 10.4. The minimum absolute atomic E-state index is 0.00806. The Morgan fingerprint density at radius 2 is 2.33 bits per heavy atom. The summed E-state index contributed by atoms with van der Waals surface area (Å²) in [5.74, 6) is 0. The quantitative estimate of drug-likeness (QED) is 0.347. The largest absolute Gasteiger partial charge is 0.375 e. The summed E-state index contributed by atoms with van der Waals surface area (Å²) in [4.78, 5) is 0. The summed E-state index contributed by atoms with van der Waals surface area (Å²) in [6.45, 7) is 5.19. The molecule has 2 rings (SSSR count). The van der Waals surface area contributed by atoms with E-state index in [1.165, 1.54) is 0 Å². The van der Waals surface area contributed by atoms with Crippen LogP contribution in [0.4, 0.5) is 0 Å². The third-order valence-electron chi connectivity index (χ3n) is 1.73. The fourth-order valence-corrected chi connectivity index (χ4v) is 1.10. The fourth-order valence-electron chi connectivity index (χ4n) is 1.10. The molecule has 0 aromatic heterocycles. The first-order chi connectivity index (χ1) is 5.90. The molecule has 2 aliphatic rings. The zero-order valence-corrected chi connectivity index (χ0v) is 6.77. The van der Waals surface area contributed by atoms with Crippen molar-refractivity contribution < 1.29 is 18.9 Å². The van der Waals surface area contributed by atoms with E-state index in [0.717, 1.165) is 0 Å². The van der Waals surface area contributed by atoms with Gasteiger partial charge in [0.1, 0.15) is 6.10 Å². The van der Waals surface area contributed by atoms with E-state index in [2.05, 4.69) is 6.58 Å². The second-order valence-electron chi connectivity index (χ2n) is 2.79. The molecule has 12 heavy (non-hydrogen) atoms. The Balaban J connectivity index is 1.63. The van der Waals surface area contributed by atoms with Gasteiger partial charge in [0, 0.05) is 0 Å². The van der Waals surface area contributed by atoms with E-state index < -0.39 is 0 Å². The van der Waals surface area contributed by atoms with Gasteiger partial charge in [0.15, 0.2) is 0 Å². The van der Waals surface area contributed by atoms with Gasteiger partial charge in [0.25, 0.3) is 0 Å². The van der Waals surface area contributed by atoms with E-state index >= 15 is 0 Å². The Hall–Kier alpha value is -0.420. The molecule has 2 fully saturated rings. The summed E-state index contributed by atoms with van der Waals surface area (Å²) in [5.41, 5.74) is 0. The number of hydrogen-bond acceptors (Lipinski definition) is 4. The lowest BCUT2D eigenvalue weighted by Crippen LogP contribution is -2.32. The molecule has 68 valence electrons. The average Bonchev–Trinajstić information content (AvgIpc) is 2.83. The van der Waals surface area contributed by atoms with E-state index in [1.807, 2.05) is 0 Å². The zero-order valence-electron chi connectivity index (χ0n) is 6.77. The second-order valence-corrected chi connectivity index (χ2v) is 2.79. The average molecular weight is 172 g/mol. The SMILES string of the molecule is C=CCOCC1COC2OC2O1. The number of fused-ring (bicyclic) bond motifs is 1. The molecular weight excluding hydrogens is 160 g/mol. The van der Waals surface area contributed by atoms with Gasteiger partial charge in [-0.1, -0.05) is 6.08 Å². The van der Waals surface area contributed by atoms with Crippen LogP contribution in [-0.2, 0) is 18.9 Å². The molecule has 0 bridgehead atoms. The minimum Gasteiger partial charge on any atom is -0.375 e. The predicted octanol–water partition coefficient (Wildman–Crippen LogP) is 0.287. The predicted molar refractivity (Wildman–Crippen MR) is 40.5 cm³/mol. The van der Waals surface area contributed by atoms with Crippen LogP contribution in [0.3, 0.4) is 0 Å². The van der Waals surface area contributed by atoms with Crippen molar-refractivity contribution >= 4 is 0 Å². The molecule has 4 nitrogen and oxygen atoms in total. The van der Waals surface area contributed by atoms with Crippen molar-refractivity contribution in [2.45, 2.75) is 18.7 Å². The summed E-state index contributed by atoms with van der Waals surface area (Å²) >= 11 is 0. The maximum Gasteiger partial charge on any atom is 0.212 e. The maximum absolute atomic E-state index is 5.40. The number of hydrogen-bond donors (Lipinski definition) is 0. The van der Waals surface area contributed by atoms with Crippen molar-refractivity contribution in [1.82, 2.24) is 0 Å². The zero-order chi connectivity index (χ0) is 8.39. The van der Waals surface area contributed by atoms with Crippen molar-refractivity contribution in [2.24, 2.45) is 0 Å². The molecular formula is C8H12O4. The minimum atomic E-state index is -0.143. The summed E-state index contributed by atoms with van der Waals surface area (Å²) in [5, 5.41) is 0. The molecule has 2 saturated heterocycles. The van der Waals surface area contributed by atoms with Crippen molar-refractivity contribution in [3.8, 4) is 0 Å². The van der Waals surface area contributed by atoms with Crippen LogP contribution in [0.5, 0.6) is 0 Å². The van der Waals surface area contributed by atoms with E-state index in [9.17, 15) is 0 Å². The van der Waals surface area contributed by atoms with Crippen LogP contribution < -0.4 is 0 Å². The van der Waals surface area contributed by atoms with Crippen molar-refractivity contribution in [3.05, 3.63) is 12.7 Å². The Morgan fingerprint density at radius 1 is 1.42 bits per heavy atom. The molecule has 0 spiro atoms. The van der Waals surface area contributed by atoms with Crippen LogP contribution in [-0.4, -0.2) is 38.5 Å². The number of rotatable bonds is 4. The Kier molecular flexibility index (Phi) is 2.41. The van der Waals surface area contributed by atoms with Gasteiger partial charge in [-0.25, -0.2) is 0 Å². The second kappa shape index (κ2) is 3.53. The van der Waals surface area contributed by atoms with Gasteiger partial charge in [-0.3, -0.25) is 0 Å². The molecule has 0 radical (unpaired) electrons. The fraction of sp³-hybridized carbons (Fsp3) is 0.750. The highest BCUT2D eigenvalue weighted by Gasteiger charge is 2.47. The standard InChI is InChI=1S/C8H12O4/c1-2-3-9-4-6-5-10-7-8(11-6)12-7/h2,6-8H,1,3-5H2. The Labute approximate surface area is 71.0 Å². The van der Waals surface area contributed by atoms with Gasteiger partial charge in [-0.15, -0.1) is 6.58 Å². The Morgan fingerprint density at radius 3 is 3.08 bits per heavy atom. The molecule has 2 aliphatic heterocycles. The van der Waals surface area contributed by atoms with Gasteiger partial charge in [-0.2, -0.15) is 0 Å². The third-order valence-corrected chi connectivity index (χ3v) is 1.73. The first kappa shape index (κ1) is 8.19. The number of ether oxygens (including phenoxy) is 4. The highest BCUT2D eigenvalue weighted by Crippen LogP contribution is 2.30. The van der Waals surface area contributed by atoms with Crippen LogP contribution in [0, 0.1) is 0 Å². The van der Waals surface area contributed by atoms with Crippen molar-refractivity contribution in [2.75, 3.05) is 19.8 Å². The van der Waals surface area contributed by atoms with Crippen LogP contribution in [0.25, 0.3) is 0 Å². The lowest BCUT2D eigenvalue weighted by molar-refractivity contribution is -0.117. The van der Waals surface area contributed by atoms with E-state index in [4.69, 9.17) is 18.9 Å². The van der Waals surface area contributed by atoms with Gasteiger partial charge in [0.2, 0.25) is 12.6 Å². The normalized spacial score (nSPS) is 38.8. The molecule has 0 aromatic rings. The lowest BCUT2D eigenvalue weighted by Gasteiger charge is -2.19. The summed E-state index contributed by atoms with van der Waals surface area (Å²) in [6, 6.07) is 0. The molecule has 0 saturated carbocycles. The first-order valence-corrected chi connectivity index (χ1v) is 4.01.